The molecule has 0 unspecified atom stereocenters. The minimum absolute atomic E-state index is 0.0161. The van der Waals surface area contributed by atoms with Crippen LogP contribution < -0.4 is 5.32 Å². The molecule has 1 saturated heterocycles. The number of aromatic nitrogens is 2. The molecule has 2 aromatic heterocycles. The quantitative estimate of drug-likeness (QED) is 0.905. The molecule has 2 atom stereocenters. The van der Waals surface area contributed by atoms with Crippen LogP contribution in [0.4, 0.5) is 0 Å². The molecule has 0 radical (unpaired) electrons. The molecule has 3 rings (SSSR count). The van der Waals surface area contributed by atoms with E-state index in [0.717, 1.165) is 18.7 Å². The van der Waals surface area contributed by atoms with E-state index in [-0.39, 0.29) is 23.8 Å². The van der Waals surface area contributed by atoms with Gasteiger partial charge in [0.25, 0.3) is 0 Å². The van der Waals surface area contributed by atoms with Gasteiger partial charge in [-0.3, -0.25) is 9.48 Å². The summed E-state index contributed by atoms with van der Waals surface area (Å²) in [5.74, 6) is 0.435. The third kappa shape index (κ3) is 3.54. The van der Waals surface area contributed by atoms with Gasteiger partial charge >= 0.3 is 0 Å². The largest absolute Gasteiger partial charge is 0.335 e. The SMILES string of the molecule is Cc1ccc(CN(C(=O)[C@H]2CNC[C@@H]2c2cnn(C)c2)C(C)C)s1. The van der Waals surface area contributed by atoms with Gasteiger partial charge in [0.2, 0.25) is 5.91 Å². The number of amides is 1. The van der Waals surface area contributed by atoms with Crippen molar-refractivity contribution in [2.24, 2.45) is 13.0 Å². The van der Waals surface area contributed by atoms with Crippen molar-refractivity contribution in [1.29, 1.82) is 0 Å². The lowest BCUT2D eigenvalue weighted by molar-refractivity contribution is -0.137. The van der Waals surface area contributed by atoms with Gasteiger partial charge in [0.15, 0.2) is 0 Å². The first-order valence-electron chi connectivity index (χ1n) is 8.50. The molecule has 0 aliphatic carbocycles. The summed E-state index contributed by atoms with van der Waals surface area (Å²) in [5, 5.41) is 7.66. The van der Waals surface area contributed by atoms with Gasteiger partial charge < -0.3 is 10.2 Å². The molecule has 1 aliphatic rings. The summed E-state index contributed by atoms with van der Waals surface area (Å²) in [6.45, 7) is 8.58. The fraction of sp³-hybridized carbons (Fsp3) is 0.556. The minimum Gasteiger partial charge on any atom is -0.335 e. The van der Waals surface area contributed by atoms with Gasteiger partial charge in [-0.15, -0.1) is 11.3 Å². The number of rotatable bonds is 5. The normalized spacial score (nSPS) is 20.7. The van der Waals surface area contributed by atoms with Crippen molar-refractivity contribution in [1.82, 2.24) is 20.0 Å². The zero-order valence-electron chi connectivity index (χ0n) is 14.8. The van der Waals surface area contributed by atoms with Gasteiger partial charge in [0, 0.05) is 48.0 Å². The molecule has 6 heteroatoms. The number of carbonyl (C=O) groups is 1. The molecular weight excluding hydrogens is 320 g/mol. The fourth-order valence-electron chi connectivity index (χ4n) is 3.39. The third-order valence-corrected chi connectivity index (χ3v) is 5.70. The Morgan fingerprint density at radius 2 is 2.25 bits per heavy atom. The Morgan fingerprint density at radius 1 is 1.46 bits per heavy atom. The first-order valence-corrected chi connectivity index (χ1v) is 9.32. The van der Waals surface area contributed by atoms with Crippen LogP contribution in [0.15, 0.2) is 24.5 Å². The lowest BCUT2D eigenvalue weighted by atomic mass is 9.89. The highest BCUT2D eigenvalue weighted by molar-refractivity contribution is 7.11. The summed E-state index contributed by atoms with van der Waals surface area (Å²) >= 11 is 1.77. The van der Waals surface area contributed by atoms with Crippen LogP contribution in [0.3, 0.4) is 0 Å². The fourth-order valence-corrected chi connectivity index (χ4v) is 4.28. The van der Waals surface area contributed by atoms with Gasteiger partial charge in [-0.1, -0.05) is 0 Å². The Morgan fingerprint density at radius 3 is 2.83 bits per heavy atom. The Hall–Kier alpha value is -1.66. The molecule has 2 aromatic rings. The second-order valence-electron chi connectivity index (χ2n) is 6.89. The van der Waals surface area contributed by atoms with Crippen molar-refractivity contribution in [3.05, 3.63) is 39.8 Å². The number of hydrogen-bond donors (Lipinski definition) is 1. The maximum atomic E-state index is 13.3. The molecule has 1 fully saturated rings. The van der Waals surface area contributed by atoms with Crippen molar-refractivity contribution in [3.63, 3.8) is 0 Å². The van der Waals surface area contributed by atoms with Crippen LogP contribution in [0.5, 0.6) is 0 Å². The van der Waals surface area contributed by atoms with Crippen LogP contribution in [0, 0.1) is 12.8 Å². The maximum absolute atomic E-state index is 13.3. The molecular formula is C18H26N4OS. The van der Waals surface area contributed by atoms with Gasteiger partial charge in [-0.05, 0) is 38.5 Å². The average Bonchev–Trinajstić information content (AvgIpc) is 3.24. The standard InChI is InChI=1S/C18H26N4OS/c1-12(2)22(11-15-6-5-13(3)24-15)18(23)17-9-19-8-16(17)14-7-20-21(4)10-14/h5-7,10,12,16-17,19H,8-9,11H2,1-4H3/t16-,17+/m1/s1. The summed E-state index contributed by atoms with van der Waals surface area (Å²) < 4.78 is 1.81. The maximum Gasteiger partial charge on any atom is 0.228 e. The van der Waals surface area contributed by atoms with Crippen LogP contribution in [0.1, 0.15) is 35.1 Å². The Bertz CT molecular complexity index is 701. The van der Waals surface area contributed by atoms with E-state index < -0.39 is 0 Å². The molecule has 1 aliphatic heterocycles. The number of thiophene rings is 1. The van der Waals surface area contributed by atoms with E-state index in [1.807, 2.05) is 29.0 Å². The molecule has 0 bridgehead atoms. The van der Waals surface area contributed by atoms with Gasteiger partial charge in [0.05, 0.1) is 18.7 Å². The summed E-state index contributed by atoms with van der Waals surface area (Å²) in [6.07, 6.45) is 3.92. The Balaban J connectivity index is 1.78. The third-order valence-electron chi connectivity index (χ3n) is 4.71. The zero-order chi connectivity index (χ0) is 17.3. The molecule has 0 saturated carbocycles. The summed E-state index contributed by atoms with van der Waals surface area (Å²) in [6, 6.07) is 4.45. The van der Waals surface area contributed by atoms with Crippen LogP contribution in [-0.2, 0) is 18.4 Å². The first kappa shape index (κ1) is 17.2. The first-order chi connectivity index (χ1) is 11.5. The van der Waals surface area contributed by atoms with Crippen LogP contribution in [-0.4, -0.2) is 39.7 Å². The molecule has 5 nitrogen and oxygen atoms in total. The average molecular weight is 347 g/mol. The molecule has 3 heterocycles. The lowest BCUT2D eigenvalue weighted by Gasteiger charge is -2.30. The minimum atomic E-state index is -0.0161. The predicted molar refractivity (Wildman–Crippen MR) is 97.1 cm³/mol. The second kappa shape index (κ2) is 7.07. The molecule has 1 N–H and O–H groups in total. The van der Waals surface area contributed by atoms with E-state index in [9.17, 15) is 4.79 Å². The summed E-state index contributed by atoms with van der Waals surface area (Å²) in [7, 11) is 1.92. The van der Waals surface area contributed by atoms with E-state index in [1.165, 1.54) is 9.75 Å². The van der Waals surface area contributed by atoms with Crippen LogP contribution >= 0.6 is 11.3 Å². The van der Waals surface area contributed by atoms with Crippen molar-refractivity contribution in [2.45, 2.75) is 39.3 Å². The predicted octanol–water partition coefficient (Wildman–Crippen LogP) is 2.53. The van der Waals surface area contributed by atoms with E-state index in [1.54, 1.807) is 11.3 Å². The van der Waals surface area contributed by atoms with Gasteiger partial charge in [-0.25, -0.2) is 0 Å². The molecule has 0 aromatic carbocycles. The van der Waals surface area contributed by atoms with E-state index in [4.69, 9.17) is 0 Å². The van der Waals surface area contributed by atoms with Crippen molar-refractivity contribution in [3.8, 4) is 0 Å². The number of nitrogens with zero attached hydrogens (tertiary/aromatic N) is 3. The molecule has 1 amide bonds. The highest BCUT2D eigenvalue weighted by atomic mass is 32.1. The Labute approximate surface area is 147 Å². The van der Waals surface area contributed by atoms with E-state index in [2.05, 4.69) is 43.3 Å². The van der Waals surface area contributed by atoms with Gasteiger partial charge in [-0.2, -0.15) is 5.10 Å². The monoisotopic (exact) mass is 346 g/mol. The molecule has 0 spiro atoms. The van der Waals surface area contributed by atoms with Crippen LogP contribution in [0.25, 0.3) is 0 Å². The van der Waals surface area contributed by atoms with Crippen molar-refractivity contribution < 1.29 is 4.79 Å². The number of hydrogen-bond acceptors (Lipinski definition) is 4. The summed E-state index contributed by atoms with van der Waals surface area (Å²) in [5.41, 5.74) is 1.15. The topological polar surface area (TPSA) is 50.2 Å². The number of aryl methyl sites for hydroxylation is 2. The van der Waals surface area contributed by atoms with Crippen LogP contribution in [0.2, 0.25) is 0 Å². The summed E-state index contributed by atoms with van der Waals surface area (Å²) in [4.78, 5) is 17.8. The lowest BCUT2D eigenvalue weighted by Crippen LogP contribution is -2.42. The van der Waals surface area contributed by atoms with Gasteiger partial charge in [0.1, 0.15) is 0 Å². The Kier molecular flexibility index (Phi) is 5.06. The second-order valence-corrected chi connectivity index (χ2v) is 8.26. The molecule has 130 valence electrons. The molecule has 24 heavy (non-hydrogen) atoms. The van der Waals surface area contributed by atoms with Crippen molar-refractivity contribution >= 4 is 17.2 Å². The number of nitrogens with one attached hydrogen (secondary N) is 1. The van der Waals surface area contributed by atoms with E-state index >= 15 is 0 Å². The van der Waals surface area contributed by atoms with E-state index in [0.29, 0.717) is 6.54 Å². The highest BCUT2D eigenvalue weighted by Gasteiger charge is 2.37. The highest BCUT2D eigenvalue weighted by Crippen LogP contribution is 2.30. The van der Waals surface area contributed by atoms with Crippen molar-refractivity contribution in [2.75, 3.05) is 13.1 Å². The zero-order valence-corrected chi connectivity index (χ0v) is 15.6. The number of carbonyl (C=O) groups excluding carboxylic acids is 1. The smallest absolute Gasteiger partial charge is 0.228 e.